The zero-order valence-electron chi connectivity index (χ0n) is 18.8. The fourth-order valence-electron chi connectivity index (χ4n) is 2.77. The summed E-state index contributed by atoms with van der Waals surface area (Å²) in [6.45, 7) is 8.83. The molecule has 178 valence electrons. The van der Waals surface area contributed by atoms with Gasteiger partial charge in [-0.1, -0.05) is 34.1 Å². The molecule has 5 unspecified atom stereocenters. The van der Waals surface area contributed by atoms with Crippen molar-refractivity contribution in [2.75, 3.05) is 0 Å². The minimum absolute atomic E-state index is 0.198. The zero-order chi connectivity index (χ0) is 24.3. The lowest BCUT2D eigenvalue weighted by Gasteiger charge is -2.27. The van der Waals surface area contributed by atoms with Gasteiger partial charge in [0.15, 0.2) is 0 Å². The SMILES string of the molecule is CCC(C)C(NC(=O)C(N)CC(C)C)C(=O)NC(C)C(=O)NC(CCC(=O)O)C(=O)O. The topological polar surface area (TPSA) is 188 Å². The maximum Gasteiger partial charge on any atom is 0.326 e. The molecule has 0 saturated heterocycles. The van der Waals surface area contributed by atoms with E-state index >= 15 is 0 Å². The Morgan fingerprint density at radius 1 is 0.871 bits per heavy atom. The molecule has 0 rings (SSSR count). The third-order valence-corrected chi connectivity index (χ3v) is 4.87. The average molecular weight is 445 g/mol. The summed E-state index contributed by atoms with van der Waals surface area (Å²) in [5, 5.41) is 25.2. The van der Waals surface area contributed by atoms with Gasteiger partial charge >= 0.3 is 11.9 Å². The predicted octanol–water partition coefficient (Wildman–Crippen LogP) is -0.170. The smallest absolute Gasteiger partial charge is 0.326 e. The molecule has 0 aromatic heterocycles. The summed E-state index contributed by atoms with van der Waals surface area (Å²) in [4.78, 5) is 59.3. The van der Waals surface area contributed by atoms with Crippen molar-refractivity contribution in [3.63, 3.8) is 0 Å². The van der Waals surface area contributed by atoms with Crippen molar-refractivity contribution < 1.29 is 34.2 Å². The number of nitrogens with two attached hydrogens (primary N) is 1. The summed E-state index contributed by atoms with van der Waals surface area (Å²) in [5.41, 5.74) is 5.89. The highest BCUT2D eigenvalue weighted by Crippen LogP contribution is 2.10. The van der Waals surface area contributed by atoms with Crippen molar-refractivity contribution in [1.29, 1.82) is 0 Å². The fourth-order valence-corrected chi connectivity index (χ4v) is 2.77. The summed E-state index contributed by atoms with van der Waals surface area (Å²) in [6, 6.07) is -4.20. The van der Waals surface area contributed by atoms with Crippen LogP contribution in [0.1, 0.15) is 60.3 Å². The van der Waals surface area contributed by atoms with Crippen LogP contribution in [0.3, 0.4) is 0 Å². The number of amides is 3. The molecule has 7 N–H and O–H groups in total. The van der Waals surface area contributed by atoms with Gasteiger partial charge in [-0.25, -0.2) is 4.79 Å². The minimum atomic E-state index is -1.40. The molecule has 11 heteroatoms. The Morgan fingerprint density at radius 3 is 1.90 bits per heavy atom. The highest BCUT2D eigenvalue weighted by molar-refractivity contribution is 5.94. The summed E-state index contributed by atoms with van der Waals surface area (Å²) in [7, 11) is 0. The Labute approximate surface area is 182 Å². The third kappa shape index (κ3) is 10.8. The van der Waals surface area contributed by atoms with E-state index in [0.717, 1.165) is 0 Å². The van der Waals surface area contributed by atoms with E-state index in [1.54, 1.807) is 6.92 Å². The van der Waals surface area contributed by atoms with Crippen molar-refractivity contribution >= 4 is 29.7 Å². The van der Waals surface area contributed by atoms with Gasteiger partial charge in [-0.15, -0.1) is 0 Å². The normalized spacial score (nSPS) is 15.8. The van der Waals surface area contributed by atoms with Gasteiger partial charge in [0.25, 0.3) is 0 Å². The van der Waals surface area contributed by atoms with Crippen molar-refractivity contribution in [3.05, 3.63) is 0 Å². The number of carboxylic acids is 2. The van der Waals surface area contributed by atoms with Crippen LogP contribution >= 0.6 is 0 Å². The second kappa shape index (κ2) is 13.6. The van der Waals surface area contributed by atoms with Crippen molar-refractivity contribution in [2.24, 2.45) is 17.6 Å². The number of carboxylic acid groups (broad SMARTS) is 2. The summed E-state index contributed by atoms with van der Waals surface area (Å²) in [6.07, 6.45) is 0.300. The molecule has 11 nitrogen and oxygen atoms in total. The van der Waals surface area contributed by atoms with Crippen LogP contribution in [0.2, 0.25) is 0 Å². The van der Waals surface area contributed by atoms with Crippen LogP contribution in [0.25, 0.3) is 0 Å². The number of nitrogens with one attached hydrogen (secondary N) is 3. The Hall–Kier alpha value is -2.69. The Bertz CT molecular complexity index is 653. The lowest BCUT2D eigenvalue weighted by Crippen LogP contribution is -2.58. The quantitative estimate of drug-likeness (QED) is 0.213. The van der Waals surface area contributed by atoms with E-state index in [9.17, 15) is 24.0 Å². The monoisotopic (exact) mass is 444 g/mol. The molecule has 5 atom stereocenters. The van der Waals surface area contributed by atoms with Gasteiger partial charge in [-0.3, -0.25) is 19.2 Å². The van der Waals surface area contributed by atoms with Crippen molar-refractivity contribution in [1.82, 2.24) is 16.0 Å². The molecule has 0 aliphatic carbocycles. The standard InChI is InChI=1S/C20H36N4O7/c1-6-11(4)16(24-18(28)13(21)9-10(2)3)19(29)22-12(5)17(27)23-14(20(30)31)7-8-15(25)26/h10-14,16H,6-9,21H2,1-5H3,(H,22,29)(H,23,27)(H,24,28)(H,25,26)(H,30,31). The first-order valence-electron chi connectivity index (χ1n) is 10.4. The average Bonchev–Trinajstić information content (AvgIpc) is 2.66. The first-order chi connectivity index (χ1) is 14.3. The van der Waals surface area contributed by atoms with Gasteiger partial charge < -0.3 is 31.9 Å². The maximum atomic E-state index is 12.7. The number of carbonyl (C=O) groups excluding carboxylic acids is 3. The van der Waals surface area contributed by atoms with E-state index in [0.29, 0.717) is 12.8 Å². The van der Waals surface area contributed by atoms with E-state index in [2.05, 4.69) is 16.0 Å². The lowest BCUT2D eigenvalue weighted by molar-refractivity contribution is -0.143. The fraction of sp³-hybridized carbons (Fsp3) is 0.750. The van der Waals surface area contributed by atoms with Gasteiger partial charge in [0, 0.05) is 6.42 Å². The predicted molar refractivity (Wildman–Crippen MR) is 113 cm³/mol. The highest BCUT2D eigenvalue weighted by atomic mass is 16.4. The van der Waals surface area contributed by atoms with Crippen LogP contribution < -0.4 is 21.7 Å². The molecule has 0 aliphatic rings. The van der Waals surface area contributed by atoms with Crippen LogP contribution in [0.15, 0.2) is 0 Å². The number of rotatable bonds is 14. The first kappa shape index (κ1) is 28.3. The molecule has 0 bridgehead atoms. The lowest BCUT2D eigenvalue weighted by atomic mass is 9.96. The molecular formula is C20H36N4O7. The molecule has 0 aliphatic heterocycles. The largest absolute Gasteiger partial charge is 0.481 e. The van der Waals surface area contributed by atoms with Crippen molar-refractivity contribution in [3.8, 4) is 0 Å². The van der Waals surface area contributed by atoms with Gasteiger partial charge in [0.2, 0.25) is 17.7 Å². The van der Waals surface area contributed by atoms with Crippen LogP contribution in [0, 0.1) is 11.8 Å². The molecule has 0 aromatic rings. The van der Waals surface area contributed by atoms with Gasteiger partial charge in [-0.2, -0.15) is 0 Å². The summed E-state index contributed by atoms with van der Waals surface area (Å²) in [5.74, 6) is -4.46. The van der Waals surface area contributed by atoms with Crippen LogP contribution in [0.5, 0.6) is 0 Å². The van der Waals surface area contributed by atoms with E-state index in [-0.39, 0.29) is 18.3 Å². The summed E-state index contributed by atoms with van der Waals surface area (Å²) >= 11 is 0. The molecular weight excluding hydrogens is 408 g/mol. The van der Waals surface area contributed by atoms with Gasteiger partial charge in [0.1, 0.15) is 18.1 Å². The molecule has 0 fully saturated rings. The van der Waals surface area contributed by atoms with Gasteiger partial charge in [0.05, 0.1) is 6.04 Å². The molecule has 0 heterocycles. The molecule has 31 heavy (non-hydrogen) atoms. The molecule has 0 spiro atoms. The van der Waals surface area contributed by atoms with Gasteiger partial charge in [-0.05, 0) is 31.6 Å². The third-order valence-electron chi connectivity index (χ3n) is 4.87. The van der Waals surface area contributed by atoms with E-state index in [1.165, 1.54) is 6.92 Å². The molecule has 0 saturated carbocycles. The van der Waals surface area contributed by atoms with Crippen molar-refractivity contribution in [2.45, 2.75) is 84.5 Å². The number of hydrogen-bond donors (Lipinski definition) is 6. The van der Waals surface area contributed by atoms with Crippen LogP contribution in [-0.2, 0) is 24.0 Å². The minimum Gasteiger partial charge on any atom is -0.481 e. The second-order valence-electron chi connectivity index (χ2n) is 8.17. The van der Waals surface area contributed by atoms with E-state index < -0.39 is 60.2 Å². The Kier molecular flexibility index (Phi) is 12.4. The Balaban J connectivity index is 5.10. The summed E-state index contributed by atoms with van der Waals surface area (Å²) < 4.78 is 0. The van der Waals surface area contributed by atoms with Crippen LogP contribution in [0.4, 0.5) is 0 Å². The Morgan fingerprint density at radius 2 is 1.45 bits per heavy atom. The van der Waals surface area contributed by atoms with E-state index in [4.69, 9.17) is 15.9 Å². The number of carbonyl (C=O) groups is 5. The second-order valence-corrected chi connectivity index (χ2v) is 8.17. The zero-order valence-corrected chi connectivity index (χ0v) is 18.8. The highest BCUT2D eigenvalue weighted by Gasteiger charge is 2.31. The first-order valence-corrected chi connectivity index (χ1v) is 10.4. The van der Waals surface area contributed by atoms with Crippen LogP contribution in [-0.4, -0.2) is 64.0 Å². The number of hydrogen-bond acceptors (Lipinski definition) is 6. The maximum absolute atomic E-state index is 12.7. The number of aliphatic carboxylic acids is 2. The molecule has 3 amide bonds. The molecule has 0 aromatic carbocycles. The van der Waals surface area contributed by atoms with E-state index in [1.807, 2.05) is 20.8 Å². The molecule has 0 radical (unpaired) electrons.